The number of amides is 1. The average Bonchev–Trinajstić information content (AvgIpc) is 3.44. The number of nitrogens with one attached hydrogen (secondary N) is 1. The van der Waals surface area contributed by atoms with E-state index in [4.69, 9.17) is 27.9 Å². The number of alkyl carbamates (subject to hydrolysis) is 1. The van der Waals surface area contributed by atoms with E-state index in [9.17, 15) is 14.7 Å². The number of carboxylic acid groups (broad SMARTS) is 1. The summed E-state index contributed by atoms with van der Waals surface area (Å²) >= 11 is 12.3. The highest BCUT2D eigenvalue weighted by molar-refractivity contribution is 6.34. The lowest BCUT2D eigenvalue weighted by atomic mass is 9.98. The molecular weight excluding hydrogens is 499 g/mol. The average molecular weight is 521 g/mol. The van der Waals surface area contributed by atoms with E-state index in [1.165, 1.54) is 0 Å². The number of benzene rings is 3. The van der Waals surface area contributed by atoms with Crippen molar-refractivity contribution >= 4 is 35.3 Å². The zero-order valence-electron chi connectivity index (χ0n) is 19.0. The van der Waals surface area contributed by atoms with Crippen LogP contribution in [-0.2, 0) is 16.0 Å². The third-order valence-corrected chi connectivity index (χ3v) is 6.74. The van der Waals surface area contributed by atoms with Crippen LogP contribution in [-0.4, -0.2) is 34.4 Å². The van der Waals surface area contributed by atoms with E-state index in [-0.39, 0.29) is 18.9 Å². The van der Waals surface area contributed by atoms with Gasteiger partial charge in [0.2, 0.25) is 0 Å². The number of halogens is 2. The molecule has 36 heavy (non-hydrogen) atoms. The van der Waals surface area contributed by atoms with Gasteiger partial charge < -0.3 is 19.7 Å². The van der Waals surface area contributed by atoms with Gasteiger partial charge in [-0.2, -0.15) is 0 Å². The minimum atomic E-state index is -1.19. The largest absolute Gasteiger partial charge is 0.480 e. The lowest BCUT2D eigenvalue weighted by Gasteiger charge is -2.18. The van der Waals surface area contributed by atoms with Crippen molar-refractivity contribution in [2.24, 2.45) is 0 Å². The van der Waals surface area contributed by atoms with E-state index in [0.29, 0.717) is 21.4 Å². The molecule has 1 aliphatic carbocycles. The predicted octanol–water partition coefficient (Wildman–Crippen LogP) is 6.32. The standard InChI is InChI=1S/C28H22Cl2N2O4/c29-17-12-18(30)14-20(13-17)32-11-5-6-19(32)15-26(27(33)34)31-28(35)36-16-25-23-9-3-1-7-21(23)22-8-2-4-10-24(22)25/h1-14,25-26H,15-16H2,(H,31,35)(H,33,34). The molecule has 0 bridgehead atoms. The summed E-state index contributed by atoms with van der Waals surface area (Å²) in [6.07, 6.45) is 1.04. The van der Waals surface area contributed by atoms with Crippen LogP contribution >= 0.6 is 23.2 Å². The maximum absolute atomic E-state index is 12.7. The van der Waals surface area contributed by atoms with Crippen molar-refractivity contribution in [3.8, 4) is 16.8 Å². The molecule has 1 unspecified atom stereocenters. The summed E-state index contributed by atoms with van der Waals surface area (Å²) in [6.45, 7) is 0.101. The van der Waals surface area contributed by atoms with Crippen LogP contribution in [0, 0.1) is 0 Å². The van der Waals surface area contributed by atoms with Crippen LogP contribution in [0.15, 0.2) is 85.1 Å². The molecule has 8 heteroatoms. The lowest BCUT2D eigenvalue weighted by Crippen LogP contribution is -2.43. The monoisotopic (exact) mass is 520 g/mol. The number of carbonyl (C=O) groups excluding carboxylic acids is 1. The summed E-state index contributed by atoms with van der Waals surface area (Å²) in [5.74, 6) is -1.28. The first-order valence-corrected chi connectivity index (χ1v) is 12.1. The molecule has 3 aromatic carbocycles. The molecule has 1 atom stereocenters. The fraction of sp³-hybridized carbons (Fsp3) is 0.143. The Hall–Kier alpha value is -3.74. The number of hydrogen-bond donors (Lipinski definition) is 2. The zero-order valence-corrected chi connectivity index (χ0v) is 20.5. The topological polar surface area (TPSA) is 80.6 Å². The molecule has 0 radical (unpaired) electrons. The first-order chi connectivity index (χ1) is 17.4. The summed E-state index contributed by atoms with van der Waals surface area (Å²) in [4.78, 5) is 24.7. The van der Waals surface area contributed by atoms with E-state index in [1.807, 2.05) is 36.4 Å². The second-order valence-corrected chi connectivity index (χ2v) is 9.43. The van der Waals surface area contributed by atoms with Crippen LogP contribution < -0.4 is 5.32 Å². The molecular formula is C28H22Cl2N2O4. The van der Waals surface area contributed by atoms with Crippen LogP contribution in [0.3, 0.4) is 0 Å². The number of aliphatic carboxylic acids is 1. The Morgan fingerprint density at radius 2 is 1.53 bits per heavy atom. The van der Waals surface area contributed by atoms with Gasteiger partial charge >= 0.3 is 12.1 Å². The maximum atomic E-state index is 12.7. The van der Waals surface area contributed by atoms with Crippen LogP contribution in [0.2, 0.25) is 10.0 Å². The minimum absolute atomic E-state index is 0.0384. The summed E-state index contributed by atoms with van der Waals surface area (Å²) in [5, 5.41) is 13.2. The second-order valence-electron chi connectivity index (χ2n) is 8.56. The van der Waals surface area contributed by atoms with Gasteiger partial charge in [-0.15, -0.1) is 0 Å². The lowest BCUT2D eigenvalue weighted by molar-refractivity contribution is -0.139. The number of nitrogens with zero attached hydrogens (tertiary/aromatic N) is 1. The number of ether oxygens (including phenoxy) is 1. The van der Waals surface area contributed by atoms with Gasteiger partial charge in [-0.1, -0.05) is 71.7 Å². The van der Waals surface area contributed by atoms with Gasteiger partial charge in [0.25, 0.3) is 0 Å². The van der Waals surface area contributed by atoms with Crippen LogP contribution in [0.4, 0.5) is 4.79 Å². The van der Waals surface area contributed by atoms with Gasteiger partial charge in [0.1, 0.15) is 12.6 Å². The van der Waals surface area contributed by atoms with Gasteiger partial charge in [-0.25, -0.2) is 9.59 Å². The maximum Gasteiger partial charge on any atom is 0.407 e. The Bertz CT molecular complexity index is 1380. The Balaban J connectivity index is 1.28. The molecule has 4 aromatic rings. The summed E-state index contributed by atoms with van der Waals surface area (Å²) in [7, 11) is 0. The van der Waals surface area contributed by atoms with Crippen LogP contribution in [0.25, 0.3) is 16.8 Å². The number of hydrogen-bond acceptors (Lipinski definition) is 3. The minimum Gasteiger partial charge on any atom is -0.480 e. The Labute approximate surface area is 218 Å². The number of carboxylic acids is 1. The normalized spacial score (nSPS) is 13.1. The molecule has 0 spiro atoms. The first-order valence-electron chi connectivity index (χ1n) is 11.4. The van der Waals surface area contributed by atoms with Crippen LogP contribution in [0.1, 0.15) is 22.7 Å². The van der Waals surface area contributed by atoms with Crippen molar-refractivity contribution < 1.29 is 19.4 Å². The molecule has 182 valence electrons. The highest BCUT2D eigenvalue weighted by Gasteiger charge is 2.30. The van der Waals surface area contributed by atoms with Gasteiger partial charge in [0.05, 0.1) is 0 Å². The van der Waals surface area contributed by atoms with E-state index in [1.54, 1.807) is 41.1 Å². The van der Waals surface area contributed by atoms with Gasteiger partial charge in [-0.05, 0) is 52.6 Å². The van der Waals surface area contributed by atoms with E-state index >= 15 is 0 Å². The van der Waals surface area contributed by atoms with Crippen molar-refractivity contribution in [3.63, 3.8) is 0 Å². The van der Waals surface area contributed by atoms with Crippen molar-refractivity contribution in [3.05, 3.63) is 112 Å². The first kappa shape index (κ1) is 24.0. The molecule has 1 heterocycles. The quantitative estimate of drug-likeness (QED) is 0.298. The van der Waals surface area contributed by atoms with Crippen molar-refractivity contribution in [2.75, 3.05) is 6.61 Å². The SMILES string of the molecule is O=C(NC(Cc1cccn1-c1cc(Cl)cc(Cl)c1)C(=O)O)OCC1c2ccccc2-c2ccccc21. The summed E-state index contributed by atoms with van der Waals surface area (Å²) in [6, 6.07) is 23.5. The van der Waals surface area contributed by atoms with Crippen molar-refractivity contribution in [1.29, 1.82) is 0 Å². The highest BCUT2D eigenvalue weighted by Crippen LogP contribution is 2.44. The fourth-order valence-corrected chi connectivity index (χ4v) is 5.22. The van der Waals surface area contributed by atoms with E-state index in [0.717, 1.165) is 22.3 Å². The van der Waals surface area contributed by atoms with E-state index in [2.05, 4.69) is 17.4 Å². The van der Waals surface area contributed by atoms with Crippen LogP contribution in [0.5, 0.6) is 0 Å². The number of fused-ring (bicyclic) bond motifs is 3. The molecule has 0 aliphatic heterocycles. The summed E-state index contributed by atoms with van der Waals surface area (Å²) in [5.41, 5.74) is 5.76. The highest BCUT2D eigenvalue weighted by atomic mass is 35.5. The van der Waals surface area contributed by atoms with Crippen molar-refractivity contribution in [1.82, 2.24) is 9.88 Å². The van der Waals surface area contributed by atoms with Gasteiger partial charge in [0, 0.05) is 40.0 Å². The van der Waals surface area contributed by atoms with Gasteiger partial charge in [-0.3, -0.25) is 0 Å². The predicted molar refractivity (Wildman–Crippen MR) is 139 cm³/mol. The Morgan fingerprint density at radius 1 is 0.917 bits per heavy atom. The molecule has 5 rings (SSSR count). The number of aromatic nitrogens is 1. The van der Waals surface area contributed by atoms with E-state index < -0.39 is 18.1 Å². The molecule has 0 saturated heterocycles. The molecule has 6 nitrogen and oxygen atoms in total. The molecule has 1 aromatic heterocycles. The zero-order chi connectivity index (χ0) is 25.2. The Morgan fingerprint density at radius 3 is 2.14 bits per heavy atom. The third-order valence-electron chi connectivity index (χ3n) is 6.31. The molecule has 0 fully saturated rings. The smallest absolute Gasteiger partial charge is 0.407 e. The second kappa shape index (κ2) is 10.1. The van der Waals surface area contributed by atoms with Crippen molar-refractivity contribution in [2.45, 2.75) is 18.4 Å². The number of carbonyl (C=O) groups is 2. The van der Waals surface area contributed by atoms with Gasteiger partial charge in [0.15, 0.2) is 0 Å². The molecule has 1 aliphatic rings. The number of rotatable bonds is 7. The molecule has 2 N–H and O–H groups in total. The third kappa shape index (κ3) is 4.83. The molecule has 0 saturated carbocycles. The fourth-order valence-electron chi connectivity index (χ4n) is 4.70. The summed E-state index contributed by atoms with van der Waals surface area (Å²) < 4.78 is 7.32. The molecule has 1 amide bonds. The Kier molecular flexibility index (Phi) is 6.72.